The summed E-state index contributed by atoms with van der Waals surface area (Å²) in [5.41, 5.74) is 7.71. The lowest BCUT2D eigenvalue weighted by atomic mass is 10.0. The van der Waals surface area contributed by atoms with E-state index in [-0.39, 0.29) is 5.91 Å². The molecule has 3 N–H and O–H groups in total. The molecule has 20 heavy (non-hydrogen) atoms. The summed E-state index contributed by atoms with van der Waals surface area (Å²) in [7, 11) is 0. The number of nitrogens with two attached hydrogens (primary N) is 1. The van der Waals surface area contributed by atoms with Crippen LogP contribution < -0.4 is 11.1 Å². The van der Waals surface area contributed by atoms with E-state index in [0.29, 0.717) is 28.1 Å². The van der Waals surface area contributed by atoms with Crippen molar-refractivity contribution in [2.75, 3.05) is 12.3 Å². The van der Waals surface area contributed by atoms with E-state index >= 15 is 0 Å². The van der Waals surface area contributed by atoms with Crippen LogP contribution in [-0.4, -0.2) is 17.0 Å². The summed E-state index contributed by atoms with van der Waals surface area (Å²) in [5.74, 6) is 0.513. The van der Waals surface area contributed by atoms with E-state index in [0.717, 1.165) is 19.5 Å². The zero-order valence-electron chi connectivity index (χ0n) is 13.3. The van der Waals surface area contributed by atoms with Crippen molar-refractivity contribution in [1.29, 1.82) is 0 Å². The monoisotopic (exact) mass is 277 g/mol. The Labute approximate surface area is 121 Å². The predicted octanol–water partition coefficient (Wildman–Crippen LogP) is 2.89. The summed E-state index contributed by atoms with van der Waals surface area (Å²) in [6.07, 6.45) is 2.82. The molecule has 1 aliphatic rings. The topological polar surface area (TPSA) is 60.0 Å². The average Bonchev–Trinajstić information content (AvgIpc) is 2.61. The molecule has 0 aliphatic heterocycles. The first kappa shape index (κ1) is 14.9. The number of nitrogen functional groups attached to an aromatic ring is 1. The van der Waals surface area contributed by atoms with Crippen molar-refractivity contribution >= 4 is 11.6 Å². The first-order chi connectivity index (χ1) is 9.21. The number of aromatic nitrogens is 1. The van der Waals surface area contributed by atoms with Crippen molar-refractivity contribution in [3.8, 4) is 0 Å². The molecule has 0 atom stereocenters. The van der Waals surface area contributed by atoms with Gasteiger partial charge in [0, 0.05) is 19.3 Å². The molecule has 0 bridgehead atoms. The second-order valence-electron chi connectivity index (χ2n) is 7.06. The average molecular weight is 277 g/mol. The summed E-state index contributed by atoms with van der Waals surface area (Å²) in [4.78, 5) is 12.3. The highest BCUT2D eigenvalue weighted by atomic mass is 16.1. The Morgan fingerprint density at radius 1 is 1.35 bits per heavy atom. The van der Waals surface area contributed by atoms with Crippen LogP contribution in [0.4, 0.5) is 5.69 Å². The molecule has 0 radical (unpaired) electrons. The molecule has 112 valence electrons. The molecule has 2 rings (SSSR count). The minimum absolute atomic E-state index is 0.0198. The van der Waals surface area contributed by atoms with Crippen LogP contribution in [0.3, 0.4) is 0 Å². The molecule has 4 heteroatoms. The molecule has 0 spiro atoms. The maximum atomic E-state index is 12.3. The molecule has 1 fully saturated rings. The maximum Gasteiger partial charge on any atom is 0.267 e. The first-order valence-electron chi connectivity index (χ1n) is 7.45. The van der Waals surface area contributed by atoms with Gasteiger partial charge in [-0.15, -0.1) is 0 Å². The fourth-order valence-electron chi connectivity index (χ4n) is 3.28. The van der Waals surface area contributed by atoms with Gasteiger partial charge in [0.25, 0.3) is 5.91 Å². The van der Waals surface area contributed by atoms with E-state index in [1.54, 1.807) is 6.07 Å². The van der Waals surface area contributed by atoms with Gasteiger partial charge in [-0.25, -0.2) is 0 Å². The van der Waals surface area contributed by atoms with Gasteiger partial charge in [0.15, 0.2) is 0 Å². The van der Waals surface area contributed by atoms with Crippen molar-refractivity contribution < 1.29 is 4.79 Å². The van der Waals surface area contributed by atoms with Crippen LogP contribution >= 0.6 is 0 Å². The van der Waals surface area contributed by atoms with Gasteiger partial charge in [-0.2, -0.15) is 0 Å². The van der Waals surface area contributed by atoms with Crippen LogP contribution in [0.1, 0.15) is 51.5 Å². The minimum atomic E-state index is -0.0198. The van der Waals surface area contributed by atoms with Crippen LogP contribution in [0.25, 0.3) is 0 Å². The smallest absolute Gasteiger partial charge is 0.267 e. The van der Waals surface area contributed by atoms with Crippen LogP contribution in [0.2, 0.25) is 0 Å². The Morgan fingerprint density at radius 2 is 1.95 bits per heavy atom. The highest BCUT2D eigenvalue weighted by Gasteiger charge is 2.64. The van der Waals surface area contributed by atoms with E-state index in [1.165, 1.54) is 0 Å². The molecule has 1 amide bonds. The summed E-state index contributed by atoms with van der Waals surface area (Å²) in [6.45, 7) is 12.7. The summed E-state index contributed by atoms with van der Waals surface area (Å²) in [5, 5.41) is 3.07. The third-order valence-electron chi connectivity index (χ3n) is 5.40. The molecule has 4 nitrogen and oxygen atoms in total. The Balaban J connectivity index is 2.00. The molecule has 0 saturated heterocycles. The Hall–Kier alpha value is -1.45. The van der Waals surface area contributed by atoms with Crippen molar-refractivity contribution in [3.63, 3.8) is 0 Å². The minimum Gasteiger partial charge on any atom is -0.397 e. The maximum absolute atomic E-state index is 12.3. The van der Waals surface area contributed by atoms with Gasteiger partial charge >= 0.3 is 0 Å². The molecule has 1 heterocycles. The van der Waals surface area contributed by atoms with Gasteiger partial charge < -0.3 is 15.6 Å². The highest BCUT2D eigenvalue weighted by Crippen LogP contribution is 2.67. The van der Waals surface area contributed by atoms with Gasteiger partial charge in [-0.1, -0.05) is 34.6 Å². The van der Waals surface area contributed by atoms with Crippen molar-refractivity contribution in [2.45, 2.75) is 47.6 Å². The van der Waals surface area contributed by atoms with Gasteiger partial charge in [0.05, 0.1) is 5.69 Å². The summed E-state index contributed by atoms with van der Waals surface area (Å²) in [6, 6.07) is 1.76. The van der Waals surface area contributed by atoms with Crippen molar-refractivity contribution in [1.82, 2.24) is 9.88 Å². The Kier molecular flexibility index (Phi) is 3.61. The number of nitrogens with zero attached hydrogens (tertiary/aromatic N) is 1. The van der Waals surface area contributed by atoms with E-state index < -0.39 is 0 Å². The van der Waals surface area contributed by atoms with Crippen LogP contribution in [0.5, 0.6) is 0 Å². The number of nitrogens with one attached hydrogen (secondary N) is 1. The van der Waals surface area contributed by atoms with Crippen LogP contribution in [0, 0.1) is 16.7 Å². The highest BCUT2D eigenvalue weighted by molar-refractivity contribution is 5.93. The van der Waals surface area contributed by atoms with Gasteiger partial charge in [0.1, 0.15) is 5.69 Å². The first-order valence-corrected chi connectivity index (χ1v) is 7.45. The Bertz CT molecular complexity index is 500. The summed E-state index contributed by atoms with van der Waals surface area (Å²) < 4.78 is 1.94. The Morgan fingerprint density at radius 3 is 2.45 bits per heavy atom. The zero-order valence-corrected chi connectivity index (χ0v) is 13.3. The number of rotatable bonds is 5. The second kappa shape index (κ2) is 4.83. The lowest BCUT2D eigenvalue weighted by Crippen LogP contribution is -2.29. The predicted molar refractivity (Wildman–Crippen MR) is 82.5 cm³/mol. The molecular formula is C16H27N3O. The lowest BCUT2D eigenvalue weighted by Gasteiger charge is -2.09. The third-order valence-corrected chi connectivity index (χ3v) is 5.40. The number of hydrogen-bond donors (Lipinski definition) is 2. The zero-order chi connectivity index (χ0) is 15.1. The quantitative estimate of drug-likeness (QED) is 0.869. The normalized spacial score (nSPS) is 19.9. The van der Waals surface area contributed by atoms with Gasteiger partial charge in [0.2, 0.25) is 0 Å². The molecular weight excluding hydrogens is 250 g/mol. The fourth-order valence-corrected chi connectivity index (χ4v) is 3.28. The number of amides is 1. The molecule has 0 aromatic carbocycles. The summed E-state index contributed by atoms with van der Waals surface area (Å²) >= 11 is 0. The van der Waals surface area contributed by atoms with E-state index in [4.69, 9.17) is 5.73 Å². The fraction of sp³-hybridized carbons (Fsp3) is 0.688. The third kappa shape index (κ3) is 2.32. The number of carbonyl (C=O) groups is 1. The van der Waals surface area contributed by atoms with E-state index in [2.05, 4.69) is 39.9 Å². The SMILES string of the molecule is CCCn1cc(N)cc1C(=O)NCC1C(C)(C)C1(C)C. The van der Waals surface area contributed by atoms with Gasteiger partial charge in [-0.05, 0) is 29.2 Å². The number of aryl methyl sites for hydroxylation is 1. The van der Waals surface area contributed by atoms with Crippen LogP contribution in [0.15, 0.2) is 12.3 Å². The molecule has 1 saturated carbocycles. The molecule has 1 aromatic rings. The second-order valence-corrected chi connectivity index (χ2v) is 7.06. The van der Waals surface area contributed by atoms with E-state index in [9.17, 15) is 4.79 Å². The number of hydrogen-bond acceptors (Lipinski definition) is 2. The number of carbonyl (C=O) groups excluding carboxylic acids is 1. The molecule has 1 aliphatic carbocycles. The standard InChI is InChI=1S/C16H27N3O/c1-6-7-19-10-11(17)8-12(19)14(20)18-9-13-15(2,3)16(13,4)5/h8,10,13H,6-7,9,17H2,1-5H3,(H,18,20). The lowest BCUT2D eigenvalue weighted by molar-refractivity contribution is 0.0940. The van der Waals surface area contributed by atoms with E-state index in [1.807, 2.05) is 10.8 Å². The van der Waals surface area contributed by atoms with Crippen LogP contribution in [-0.2, 0) is 6.54 Å². The van der Waals surface area contributed by atoms with Crippen molar-refractivity contribution in [2.24, 2.45) is 16.7 Å². The molecule has 1 aromatic heterocycles. The van der Waals surface area contributed by atoms with Gasteiger partial charge in [-0.3, -0.25) is 4.79 Å². The largest absolute Gasteiger partial charge is 0.397 e. The van der Waals surface area contributed by atoms with Crippen molar-refractivity contribution in [3.05, 3.63) is 18.0 Å². The molecule has 0 unspecified atom stereocenters. The number of anilines is 1.